The second-order valence-corrected chi connectivity index (χ2v) is 3.84. The van der Waals surface area contributed by atoms with E-state index in [4.69, 9.17) is 5.26 Å². The van der Waals surface area contributed by atoms with Gasteiger partial charge in [0.15, 0.2) is 5.82 Å². The first-order valence-corrected chi connectivity index (χ1v) is 5.50. The molecule has 1 aromatic heterocycles. The second kappa shape index (κ2) is 6.05. The molecule has 1 atom stereocenters. The highest BCUT2D eigenvalue weighted by molar-refractivity contribution is 5.94. The Balaban J connectivity index is 2.97. The Kier molecular flexibility index (Phi) is 4.72. The molecule has 0 saturated carbocycles. The van der Waals surface area contributed by atoms with Crippen LogP contribution in [0.25, 0.3) is 0 Å². The lowest BCUT2D eigenvalue weighted by Gasteiger charge is -2.22. The molecule has 0 aliphatic carbocycles. The molecule has 0 bridgehead atoms. The summed E-state index contributed by atoms with van der Waals surface area (Å²) in [4.78, 5) is 16.4. The van der Waals surface area contributed by atoms with Crippen LogP contribution in [0.3, 0.4) is 0 Å². The van der Waals surface area contributed by atoms with E-state index in [0.717, 1.165) is 12.3 Å². The number of amides is 1. The van der Waals surface area contributed by atoms with Crippen molar-refractivity contribution in [1.29, 1.82) is 5.26 Å². The number of rotatable bonds is 4. The molecule has 1 amide bonds. The summed E-state index contributed by atoms with van der Waals surface area (Å²) < 4.78 is 26.3. The van der Waals surface area contributed by atoms with Gasteiger partial charge in [0.1, 0.15) is 0 Å². The van der Waals surface area contributed by atoms with Crippen molar-refractivity contribution in [2.45, 2.75) is 13.8 Å². The van der Waals surface area contributed by atoms with Gasteiger partial charge >= 0.3 is 0 Å². The predicted octanol–water partition coefficient (Wildman–Crippen LogP) is 1.98. The summed E-state index contributed by atoms with van der Waals surface area (Å²) in [5.74, 6) is -3.57. The Morgan fingerprint density at radius 2 is 2.28 bits per heavy atom. The fourth-order valence-corrected chi connectivity index (χ4v) is 1.48. The van der Waals surface area contributed by atoms with Crippen LogP contribution in [0.4, 0.5) is 8.78 Å². The van der Waals surface area contributed by atoms with Crippen molar-refractivity contribution in [2.75, 3.05) is 13.1 Å². The first kappa shape index (κ1) is 14.0. The Bertz CT molecular complexity index is 485. The summed E-state index contributed by atoms with van der Waals surface area (Å²) in [6, 6.07) is 3.11. The predicted molar refractivity (Wildman–Crippen MR) is 60.5 cm³/mol. The molecule has 6 heteroatoms. The van der Waals surface area contributed by atoms with Gasteiger partial charge in [-0.05, 0) is 19.9 Å². The average Bonchev–Trinajstić information content (AvgIpc) is 2.38. The zero-order valence-electron chi connectivity index (χ0n) is 10.2. The van der Waals surface area contributed by atoms with Gasteiger partial charge in [-0.3, -0.25) is 4.79 Å². The van der Waals surface area contributed by atoms with Crippen LogP contribution < -0.4 is 0 Å². The SMILES string of the molecule is CCN(CC(C)C#N)C(=O)c1ccnc(F)c1F. The van der Waals surface area contributed by atoms with Crippen molar-refractivity contribution in [2.24, 2.45) is 5.92 Å². The number of hydrogen-bond donors (Lipinski definition) is 0. The van der Waals surface area contributed by atoms with Crippen LogP contribution in [0.15, 0.2) is 12.3 Å². The molecule has 0 spiro atoms. The smallest absolute Gasteiger partial charge is 0.257 e. The fourth-order valence-electron chi connectivity index (χ4n) is 1.48. The molecule has 18 heavy (non-hydrogen) atoms. The van der Waals surface area contributed by atoms with E-state index in [2.05, 4.69) is 4.98 Å². The van der Waals surface area contributed by atoms with E-state index in [1.54, 1.807) is 13.8 Å². The van der Waals surface area contributed by atoms with Crippen LogP contribution in [0, 0.1) is 29.0 Å². The normalized spacial score (nSPS) is 11.7. The molecule has 0 aliphatic heterocycles. The molecule has 96 valence electrons. The summed E-state index contributed by atoms with van der Waals surface area (Å²) in [5, 5.41) is 8.70. The summed E-state index contributed by atoms with van der Waals surface area (Å²) in [6.07, 6.45) is 1.03. The minimum Gasteiger partial charge on any atom is -0.338 e. The minimum absolute atomic E-state index is 0.176. The van der Waals surface area contributed by atoms with Crippen LogP contribution in [0.1, 0.15) is 24.2 Å². The fraction of sp³-hybridized carbons (Fsp3) is 0.417. The Hall–Kier alpha value is -2.03. The van der Waals surface area contributed by atoms with Gasteiger partial charge in [-0.25, -0.2) is 9.37 Å². The Labute approximate surface area is 104 Å². The molecule has 0 aliphatic rings. The summed E-state index contributed by atoms with van der Waals surface area (Å²) in [6.45, 7) is 3.85. The van der Waals surface area contributed by atoms with Crippen LogP contribution in [-0.2, 0) is 0 Å². The second-order valence-electron chi connectivity index (χ2n) is 3.84. The molecule has 1 unspecified atom stereocenters. The third kappa shape index (κ3) is 3.00. The van der Waals surface area contributed by atoms with Gasteiger partial charge in [0.05, 0.1) is 17.6 Å². The van der Waals surface area contributed by atoms with Gasteiger partial charge in [0, 0.05) is 19.3 Å². The van der Waals surface area contributed by atoms with E-state index in [1.807, 2.05) is 6.07 Å². The zero-order valence-corrected chi connectivity index (χ0v) is 10.2. The molecule has 1 heterocycles. The number of pyridine rings is 1. The number of aromatic nitrogens is 1. The summed E-state index contributed by atoms with van der Waals surface area (Å²) in [5.41, 5.74) is -0.366. The van der Waals surface area contributed by atoms with Crippen molar-refractivity contribution < 1.29 is 13.6 Å². The van der Waals surface area contributed by atoms with Crippen molar-refractivity contribution >= 4 is 5.91 Å². The van der Waals surface area contributed by atoms with Gasteiger partial charge < -0.3 is 4.90 Å². The molecule has 1 rings (SSSR count). The van der Waals surface area contributed by atoms with Crippen LogP contribution in [0.2, 0.25) is 0 Å². The molecule has 0 fully saturated rings. The lowest BCUT2D eigenvalue weighted by Crippen LogP contribution is -2.35. The van der Waals surface area contributed by atoms with E-state index in [-0.39, 0.29) is 18.0 Å². The summed E-state index contributed by atoms with van der Waals surface area (Å²) in [7, 11) is 0. The molecule has 0 radical (unpaired) electrons. The third-order valence-electron chi connectivity index (χ3n) is 2.46. The maximum Gasteiger partial charge on any atom is 0.257 e. The number of nitriles is 1. The third-order valence-corrected chi connectivity index (χ3v) is 2.46. The Morgan fingerprint density at radius 1 is 1.61 bits per heavy atom. The molecular weight excluding hydrogens is 240 g/mol. The lowest BCUT2D eigenvalue weighted by atomic mass is 10.1. The molecule has 0 saturated heterocycles. The van der Waals surface area contributed by atoms with Crippen molar-refractivity contribution in [3.05, 3.63) is 29.6 Å². The lowest BCUT2D eigenvalue weighted by molar-refractivity contribution is 0.0746. The molecule has 1 aromatic rings. The van der Waals surface area contributed by atoms with E-state index in [9.17, 15) is 13.6 Å². The van der Waals surface area contributed by atoms with Crippen molar-refractivity contribution in [3.63, 3.8) is 0 Å². The number of halogens is 2. The quantitative estimate of drug-likeness (QED) is 0.771. The van der Waals surface area contributed by atoms with Crippen molar-refractivity contribution in [1.82, 2.24) is 9.88 Å². The molecule has 0 N–H and O–H groups in total. The highest BCUT2D eigenvalue weighted by atomic mass is 19.2. The van der Waals surface area contributed by atoms with E-state index in [1.165, 1.54) is 4.90 Å². The van der Waals surface area contributed by atoms with Gasteiger partial charge in [0.2, 0.25) is 5.95 Å². The largest absolute Gasteiger partial charge is 0.338 e. The van der Waals surface area contributed by atoms with Crippen molar-refractivity contribution in [3.8, 4) is 6.07 Å². The molecule has 4 nitrogen and oxygen atoms in total. The first-order chi connectivity index (χ1) is 8.51. The highest BCUT2D eigenvalue weighted by Gasteiger charge is 2.22. The van der Waals surface area contributed by atoms with Crippen LogP contribution in [0.5, 0.6) is 0 Å². The van der Waals surface area contributed by atoms with Crippen LogP contribution >= 0.6 is 0 Å². The van der Waals surface area contributed by atoms with Crippen LogP contribution in [-0.4, -0.2) is 28.9 Å². The van der Waals surface area contributed by atoms with Gasteiger partial charge in [0.25, 0.3) is 5.91 Å². The topological polar surface area (TPSA) is 57.0 Å². The van der Waals surface area contributed by atoms with Gasteiger partial charge in [-0.2, -0.15) is 9.65 Å². The summed E-state index contributed by atoms with van der Waals surface area (Å²) >= 11 is 0. The Morgan fingerprint density at radius 3 is 2.83 bits per heavy atom. The zero-order chi connectivity index (χ0) is 13.7. The molecular formula is C12H13F2N3O. The number of hydrogen-bond acceptors (Lipinski definition) is 3. The van der Waals surface area contributed by atoms with E-state index in [0.29, 0.717) is 6.54 Å². The number of carbonyl (C=O) groups excluding carboxylic acids is 1. The first-order valence-electron chi connectivity index (χ1n) is 5.50. The van der Waals surface area contributed by atoms with Gasteiger partial charge in [-0.1, -0.05) is 0 Å². The monoisotopic (exact) mass is 253 g/mol. The maximum atomic E-state index is 13.4. The standard InChI is InChI=1S/C12H13F2N3O/c1-3-17(7-8(2)6-15)12(18)9-4-5-16-11(14)10(9)13/h4-5,8H,3,7H2,1-2H3. The van der Waals surface area contributed by atoms with Gasteiger partial charge in [-0.15, -0.1) is 0 Å². The van der Waals surface area contributed by atoms with E-state index >= 15 is 0 Å². The maximum absolute atomic E-state index is 13.4. The number of carbonyl (C=O) groups is 1. The molecule has 0 aromatic carbocycles. The minimum atomic E-state index is -1.30. The average molecular weight is 253 g/mol. The highest BCUT2D eigenvalue weighted by Crippen LogP contribution is 2.13. The van der Waals surface area contributed by atoms with E-state index < -0.39 is 17.7 Å². The number of nitrogens with zero attached hydrogens (tertiary/aromatic N) is 3.